The summed E-state index contributed by atoms with van der Waals surface area (Å²) >= 11 is 0. The molecule has 0 spiro atoms. The lowest BCUT2D eigenvalue weighted by Crippen LogP contribution is -2.20. The molecule has 0 atom stereocenters. The Kier molecular flexibility index (Phi) is 4.47. The zero-order chi connectivity index (χ0) is 15.7. The maximum absolute atomic E-state index is 11.0. The van der Waals surface area contributed by atoms with E-state index >= 15 is 0 Å². The number of rotatable bonds is 5. The van der Waals surface area contributed by atoms with Gasteiger partial charge in [-0.3, -0.25) is 0 Å². The lowest BCUT2D eigenvalue weighted by molar-refractivity contribution is 0.403. The third-order valence-electron chi connectivity index (χ3n) is 4.56. The van der Waals surface area contributed by atoms with Crippen LogP contribution in [0.15, 0.2) is 11.2 Å². The Morgan fingerprint density at radius 2 is 1.30 bits per heavy atom. The van der Waals surface area contributed by atoms with Gasteiger partial charge in [0.2, 0.25) is 0 Å². The maximum Gasteiger partial charge on any atom is 0.191 e. The van der Waals surface area contributed by atoms with E-state index in [0.29, 0.717) is 11.1 Å². The Balaban J connectivity index is 3.73. The molecule has 1 aromatic carbocycles. The van der Waals surface area contributed by atoms with Gasteiger partial charge in [-0.25, -0.2) is 0 Å². The van der Waals surface area contributed by atoms with E-state index in [-0.39, 0.29) is 28.0 Å². The van der Waals surface area contributed by atoms with Gasteiger partial charge in [-0.2, -0.15) is 0 Å². The summed E-state index contributed by atoms with van der Waals surface area (Å²) in [4.78, 5) is 11.0. The molecule has 4 heteroatoms. The van der Waals surface area contributed by atoms with Crippen molar-refractivity contribution >= 4 is 5.69 Å². The van der Waals surface area contributed by atoms with E-state index in [1.54, 1.807) is 0 Å². The van der Waals surface area contributed by atoms with Crippen molar-refractivity contribution in [3.63, 3.8) is 0 Å². The van der Waals surface area contributed by atoms with Crippen LogP contribution < -0.4 is 0 Å². The van der Waals surface area contributed by atoms with Crippen molar-refractivity contribution in [3.8, 4) is 11.5 Å². The summed E-state index contributed by atoms with van der Waals surface area (Å²) in [5, 5.41) is 23.3. The fourth-order valence-corrected chi connectivity index (χ4v) is 2.15. The zero-order valence-electron chi connectivity index (χ0n) is 13.2. The van der Waals surface area contributed by atoms with Gasteiger partial charge in [-0.05, 0) is 34.9 Å². The summed E-state index contributed by atoms with van der Waals surface area (Å²) in [5.74, 6) is -0.417. The third-order valence-corrected chi connectivity index (χ3v) is 4.56. The highest BCUT2D eigenvalue weighted by atomic mass is 16.3. The summed E-state index contributed by atoms with van der Waals surface area (Å²) < 4.78 is 0. The van der Waals surface area contributed by atoms with Crippen LogP contribution in [0.4, 0.5) is 5.69 Å². The first-order chi connectivity index (χ1) is 9.12. The van der Waals surface area contributed by atoms with Crippen molar-refractivity contribution < 1.29 is 10.2 Å². The predicted molar refractivity (Wildman–Crippen MR) is 81.9 cm³/mol. The van der Waals surface area contributed by atoms with Crippen LogP contribution in [0.2, 0.25) is 0 Å². The Bertz CT molecular complexity index is 479. The molecule has 0 heterocycles. The lowest BCUT2D eigenvalue weighted by Gasteiger charge is -2.30. The topological polar surface area (TPSA) is 69.9 Å². The summed E-state index contributed by atoms with van der Waals surface area (Å²) in [7, 11) is 0. The molecule has 1 rings (SSSR count). The number of nitroso groups, excluding NO2 is 1. The number of hydrogen-bond acceptors (Lipinski definition) is 4. The van der Waals surface area contributed by atoms with Crippen LogP contribution in [-0.4, -0.2) is 10.2 Å². The summed E-state index contributed by atoms with van der Waals surface area (Å²) in [6, 6.07) is 1.81. The number of benzene rings is 1. The molecular formula is C16H25NO3. The molecule has 0 saturated carbocycles. The van der Waals surface area contributed by atoms with Crippen molar-refractivity contribution in [2.75, 3.05) is 0 Å². The first-order valence-electron chi connectivity index (χ1n) is 7.05. The maximum atomic E-state index is 11.0. The second-order valence-electron chi connectivity index (χ2n) is 6.58. The van der Waals surface area contributed by atoms with Gasteiger partial charge < -0.3 is 10.2 Å². The van der Waals surface area contributed by atoms with Crippen molar-refractivity contribution in [2.45, 2.75) is 65.2 Å². The molecule has 0 aliphatic rings. The summed E-state index contributed by atoms with van der Waals surface area (Å²) in [6.07, 6.45) is 1.60. The molecule has 0 aliphatic heterocycles. The minimum atomic E-state index is -0.296. The van der Waals surface area contributed by atoms with Gasteiger partial charge in [0, 0.05) is 11.1 Å². The van der Waals surface area contributed by atoms with Crippen molar-refractivity contribution in [1.29, 1.82) is 0 Å². The number of hydrogen-bond donors (Lipinski definition) is 2. The van der Waals surface area contributed by atoms with E-state index in [0.717, 1.165) is 12.8 Å². The molecular weight excluding hydrogens is 254 g/mol. The van der Waals surface area contributed by atoms with Crippen LogP contribution in [0.25, 0.3) is 0 Å². The van der Waals surface area contributed by atoms with E-state index in [4.69, 9.17) is 0 Å². The molecule has 0 amide bonds. The van der Waals surface area contributed by atoms with Crippen LogP contribution in [0.1, 0.15) is 65.5 Å². The SMILES string of the molecule is CCC(C)(C)c1cc(C(C)(C)CC)c(O)c(N=O)c1O. The van der Waals surface area contributed by atoms with Crippen LogP contribution in [-0.2, 0) is 10.8 Å². The minimum Gasteiger partial charge on any atom is -0.505 e. The molecule has 0 fully saturated rings. The Labute approximate surface area is 120 Å². The van der Waals surface area contributed by atoms with Gasteiger partial charge in [0.15, 0.2) is 17.2 Å². The number of phenols is 2. The van der Waals surface area contributed by atoms with E-state index < -0.39 is 0 Å². The summed E-state index contributed by atoms with van der Waals surface area (Å²) in [6.45, 7) is 12.0. The van der Waals surface area contributed by atoms with Crippen LogP contribution in [0.3, 0.4) is 0 Å². The second kappa shape index (κ2) is 5.43. The fraction of sp³-hybridized carbons (Fsp3) is 0.625. The Morgan fingerprint density at radius 1 is 0.950 bits per heavy atom. The molecule has 0 saturated heterocycles. The number of phenolic OH excluding ortho intramolecular Hbond substituents is 2. The zero-order valence-corrected chi connectivity index (χ0v) is 13.2. The van der Waals surface area contributed by atoms with E-state index in [2.05, 4.69) is 5.18 Å². The molecule has 0 unspecified atom stereocenters. The van der Waals surface area contributed by atoms with Crippen LogP contribution in [0, 0.1) is 4.91 Å². The van der Waals surface area contributed by atoms with Gasteiger partial charge in [0.05, 0.1) is 0 Å². The number of nitrogens with zero attached hydrogens (tertiary/aromatic N) is 1. The molecule has 20 heavy (non-hydrogen) atoms. The molecule has 0 bridgehead atoms. The highest BCUT2D eigenvalue weighted by Gasteiger charge is 2.32. The van der Waals surface area contributed by atoms with Crippen LogP contribution in [0.5, 0.6) is 11.5 Å². The predicted octanol–water partition coefficient (Wildman–Crippen LogP) is 4.87. The van der Waals surface area contributed by atoms with E-state index in [1.807, 2.05) is 47.6 Å². The quantitative estimate of drug-likeness (QED) is 0.755. The van der Waals surface area contributed by atoms with Crippen molar-refractivity contribution in [1.82, 2.24) is 0 Å². The van der Waals surface area contributed by atoms with Gasteiger partial charge in [-0.1, -0.05) is 41.5 Å². The van der Waals surface area contributed by atoms with Crippen LogP contribution >= 0.6 is 0 Å². The lowest BCUT2D eigenvalue weighted by atomic mass is 9.75. The molecule has 1 aromatic rings. The largest absolute Gasteiger partial charge is 0.505 e. The monoisotopic (exact) mass is 279 g/mol. The highest BCUT2D eigenvalue weighted by Crippen LogP contribution is 2.49. The molecule has 0 radical (unpaired) electrons. The second-order valence-corrected chi connectivity index (χ2v) is 6.58. The highest BCUT2D eigenvalue weighted by molar-refractivity contribution is 5.69. The molecule has 0 aliphatic carbocycles. The van der Waals surface area contributed by atoms with Gasteiger partial charge in [0.25, 0.3) is 0 Å². The summed E-state index contributed by atoms with van der Waals surface area (Å²) in [5.41, 5.74) is 0.472. The van der Waals surface area contributed by atoms with Crippen molar-refractivity contribution in [3.05, 3.63) is 22.1 Å². The van der Waals surface area contributed by atoms with E-state index in [1.165, 1.54) is 0 Å². The number of aromatic hydroxyl groups is 2. The van der Waals surface area contributed by atoms with Gasteiger partial charge in [-0.15, -0.1) is 4.91 Å². The molecule has 112 valence electrons. The molecule has 4 nitrogen and oxygen atoms in total. The first-order valence-corrected chi connectivity index (χ1v) is 7.05. The minimum absolute atomic E-state index is 0.208. The average molecular weight is 279 g/mol. The van der Waals surface area contributed by atoms with E-state index in [9.17, 15) is 15.1 Å². The average Bonchev–Trinajstić information content (AvgIpc) is 2.38. The van der Waals surface area contributed by atoms with Gasteiger partial charge >= 0.3 is 0 Å². The fourth-order valence-electron chi connectivity index (χ4n) is 2.15. The van der Waals surface area contributed by atoms with Crippen molar-refractivity contribution in [2.24, 2.45) is 5.18 Å². The van der Waals surface area contributed by atoms with Gasteiger partial charge in [0.1, 0.15) is 0 Å². The first kappa shape index (κ1) is 16.5. The Morgan fingerprint density at radius 3 is 1.55 bits per heavy atom. The molecule has 2 N–H and O–H groups in total. The third kappa shape index (κ3) is 2.65. The standard InChI is InChI=1S/C16H25NO3/c1-7-15(3,4)10-9-11(16(5,6)8-2)14(19)12(17-20)13(10)18/h9,18-19H,7-8H2,1-6H3. The Hall–Kier alpha value is -1.58. The smallest absolute Gasteiger partial charge is 0.191 e. The normalized spacial score (nSPS) is 12.5. The molecule has 0 aromatic heterocycles.